The molecular weight excluding hydrogens is 432 g/mol. The van der Waals surface area contributed by atoms with E-state index in [4.69, 9.17) is 6.57 Å². The Bertz CT molecular complexity index is 1260. The highest BCUT2D eigenvalue weighted by Gasteiger charge is 2.37. The van der Waals surface area contributed by atoms with Gasteiger partial charge in [-0.1, -0.05) is 6.07 Å². The predicted octanol–water partition coefficient (Wildman–Crippen LogP) is 3.90. The minimum atomic E-state index is -4.91. The van der Waals surface area contributed by atoms with E-state index < -0.39 is 41.0 Å². The molecule has 32 heavy (non-hydrogen) atoms. The second kappa shape index (κ2) is 8.46. The number of aryl methyl sites for hydroxylation is 1. The van der Waals surface area contributed by atoms with Crippen molar-refractivity contribution >= 4 is 23.2 Å². The highest BCUT2D eigenvalue weighted by molar-refractivity contribution is 6.09. The van der Waals surface area contributed by atoms with E-state index in [9.17, 15) is 27.2 Å². The summed E-state index contributed by atoms with van der Waals surface area (Å²) in [6.45, 7) is 8.64. The maximum Gasteiger partial charge on any atom is 0.435 e. The molecule has 0 bridgehead atoms. The molecule has 0 unspecified atom stereocenters. The number of anilines is 1. The number of aromatic nitrogens is 3. The second-order valence-electron chi connectivity index (χ2n) is 6.46. The van der Waals surface area contributed by atoms with Crippen LogP contribution < -0.4 is 10.6 Å². The van der Waals surface area contributed by atoms with Crippen LogP contribution in [0.2, 0.25) is 0 Å². The average Bonchev–Trinajstić information content (AvgIpc) is 3.20. The molecule has 3 aromatic rings. The summed E-state index contributed by atoms with van der Waals surface area (Å²) in [6, 6.07) is 5.25. The molecule has 0 saturated heterocycles. The fourth-order valence-electron chi connectivity index (χ4n) is 2.87. The summed E-state index contributed by atoms with van der Waals surface area (Å²) in [5, 5.41) is 8.05. The van der Waals surface area contributed by atoms with Crippen LogP contribution in [0.25, 0.3) is 10.7 Å². The molecule has 12 heteroatoms. The van der Waals surface area contributed by atoms with Gasteiger partial charge in [-0.3, -0.25) is 9.59 Å². The van der Waals surface area contributed by atoms with Gasteiger partial charge in [-0.25, -0.2) is 18.9 Å². The first-order valence-corrected chi connectivity index (χ1v) is 8.90. The highest BCUT2D eigenvalue weighted by Crippen LogP contribution is 2.31. The van der Waals surface area contributed by atoms with E-state index in [0.717, 1.165) is 12.3 Å². The Morgan fingerprint density at radius 1 is 1.19 bits per heavy atom. The summed E-state index contributed by atoms with van der Waals surface area (Å²) in [4.78, 5) is 32.1. The maximum atomic E-state index is 14.2. The lowest BCUT2D eigenvalue weighted by atomic mass is 10.1. The molecule has 0 saturated carbocycles. The van der Waals surface area contributed by atoms with Crippen molar-refractivity contribution in [2.24, 2.45) is 0 Å². The molecule has 2 aromatic heterocycles. The Hall–Kier alpha value is -4.27. The molecule has 0 aliphatic heterocycles. The number of hydrogen-bond donors (Lipinski definition) is 2. The molecule has 2 N–H and O–H groups in total. The van der Waals surface area contributed by atoms with Gasteiger partial charge in [0.25, 0.3) is 11.8 Å². The first-order valence-electron chi connectivity index (χ1n) is 8.90. The van der Waals surface area contributed by atoms with Crippen molar-refractivity contribution in [1.29, 1.82) is 0 Å². The van der Waals surface area contributed by atoms with E-state index in [1.165, 1.54) is 32.2 Å². The van der Waals surface area contributed by atoms with E-state index in [1.54, 1.807) is 0 Å². The highest BCUT2D eigenvalue weighted by atomic mass is 19.4. The van der Waals surface area contributed by atoms with Crippen LogP contribution in [0.1, 0.15) is 32.1 Å². The Balaban J connectivity index is 2.14. The molecule has 0 fully saturated rings. The lowest BCUT2D eigenvalue weighted by Gasteiger charge is -2.14. The van der Waals surface area contributed by atoms with Gasteiger partial charge in [0.05, 0.1) is 17.8 Å². The first kappa shape index (κ1) is 22.4. The number of alkyl halides is 3. The summed E-state index contributed by atoms with van der Waals surface area (Å²) in [6.07, 6.45) is -3.78. The Morgan fingerprint density at radius 3 is 2.50 bits per heavy atom. The second-order valence-corrected chi connectivity index (χ2v) is 6.46. The molecule has 1 aromatic carbocycles. The van der Waals surface area contributed by atoms with Gasteiger partial charge < -0.3 is 10.6 Å². The van der Waals surface area contributed by atoms with Crippen LogP contribution in [-0.2, 0) is 6.18 Å². The van der Waals surface area contributed by atoms with E-state index in [2.05, 4.69) is 25.6 Å². The van der Waals surface area contributed by atoms with Crippen molar-refractivity contribution in [2.75, 3.05) is 12.4 Å². The molecule has 8 nitrogen and oxygen atoms in total. The number of rotatable bonds is 4. The Labute approximate surface area is 178 Å². The molecular formula is C20H14F4N6O2. The molecule has 0 aliphatic carbocycles. The standard InChI is InChI=1S/C20H14F4N6O2/c1-10-7-11(25-2)8-12(18(31)26-3)16(10)28-19(32)14-9-15(20(22,23)24)29-30(14)17-13(21)5-4-6-27-17/h4-9H,1,3H3,(H,26,31)(H,28,32). The first-order chi connectivity index (χ1) is 15.1. The average molecular weight is 446 g/mol. The summed E-state index contributed by atoms with van der Waals surface area (Å²) >= 11 is 0. The fraction of sp³-hybridized carbons (Fsp3) is 0.150. The van der Waals surface area contributed by atoms with Crippen molar-refractivity contribution in [3.63, 3.8) is 0 Å². The van der Waals surface area contributed by atoms with Crippen molar-refractivity contribution in [3.05, 3.63) is 76.3 Å². The van der Waals surface area contributed by atoms with Crippen LogP contribution in [-0.4, -0.2) is 33.6 Å². The zero-order chi connectivity index (χ0) is 23.6. The number of nitrogens with one attached hydrogen (secondary N) is 2. The van der Waals surface area contributed by atoms with Gasteiger partial charge in [-0.05, 0) is 30.7 Å². The van der Waals surface area contributed by atoms with Crippen LogP contribution in [0.15, 0.2) is 36.5 Å². The van der Waals surface area contributed by atoms with E-state index in [0.29, 0.717) is 16.3 Å². The van der Waals surface area contributed by atoms with Gasteiger partial charge >= 0.3 is 6.18 Å². The monoisotopic (exact) mass is 446 g/mol. The zero-order valence-corrected chi connectivity index (χ0v) is 16.6. The van der Waals surface area contributed by atoms with Crippen LogP contribution in [0, 0.1) is 19.3 Å². The van der Waals surface area contributed by atoms with E-state index in [-0.39, 0.29) is 16.9 Å². The minimum Gasteiger partial charge on any atom is -0.355 e. The van der Waals surface area contributed by atoms with Crippen molar-refractivity contribution in [1.82, 2.24) is 20.1 Å². The van der Waals surface area contributed by atoms with Crippen LogP contribution in [0.3, 0.4) is 0 Å². The quantitative estimate of drug-likeness (QED) is 0.470. The van der Waals surface area contributed by atoms with E-state index >= 15 is 0 Å². The number of halogens is 4. The summed E-state index contributed by atoms with van der Waals surface area (Å²) in [7, 11) is 1.34. The van der Waals surface area contributed by atoms with Crippen LogP contribution >= 0.6 is 0 Å². The lowest BCUT2D eigenvalue weighted by Crippen LogP contribution is -2.23. The number of pyridine rings is 1. The Morgan fingerprint density at radius 2 is 1.91 bits per heavy atom. The molecule has 3 rings (SSSR count). The van der Waals surface area contributed by atoms with Gasteiger partial charge in [0.15, 0.2) is 23.0 Å². The third-order valence-corrected chi connectivity index (χ3v) is 4.33. The lowest BCUT2D eigenvalue weighted by molar-refractivity contribution is -0.141. The van der Waals surface area contributed by atoms with Crippen LogP contribution in [0.4, 0.5) is 28.9 Å². The fourth-order valence-corrected chi connectivity index (χ4v) is 2.87. The normalized spacial score (nSPS) is 11.0. The van der Waals surface area contributed by atoms with Crippen molar-refractivity contribution in [2.45, 2.75) is 13.1 Å². The largest absolute Gasteiger partial charge is 0.435 e. The SMILES string of the molecule is [C-]#[N+]c1cc(C)c(NC(=O)c2cc(C(F)(F)F)nn2-c2ncccc2F)c(C(=O)NC)c1. The smallest absolute Gasteiger partial charge is 0.355 e. The number of carbonyl (C=O) groups is 2. The molecule has 0 radical (unpaired) electrons. The molecule has 2 amide bonds. The zero-order valence-electron chi connectivity index (χ0n) is 16.6. The molecule has 0 spiro atoms. The van der Waals surface area contributed by atoms with E-state index in [1.807, 2.05) is 0 Å². The predicted molar refractivity (Wildman–Crippen MR) is 105 cm³/mol. The number of benzene rings is 1. The van der Waals surface area contributed by atoms with Gasteiger partial charge in [0, 0.05) is 19.3 Å². The molecule has 2 heterocycles. The van der Waals surface area contributed by atoms with Gasteiger partial charge in [0.2, 0.25) is 0 Å². The number of amides is 2. The minimum absolute atomic E-state index is 0.0236. The van der Waals surface area contributed by atoms with Gasteiger partial charge in [0.1, 0.15) is 5.69 Å². The van der Waals surface area contributed by atoms with Crippen molar-refractivity contribution < 1.29 is 27.2 Å². The third kappa shape index (κ3) is 4.27. The topological polar surface area (TPSA) is 93.3 Å². The molecule has 164 valence electrons. The Kier molecular flexibility index (Phi) is 5.93. The maximum absolute atomic E-state index is 14.2. The number of nitrogens with zero attached hydrogens (tertiary/aromatic N) is 4. The van der Waals surface area contributed by atoms with Crippen LogP contribution in [0.5, 0.6) is 0 Å². The third-order valence-electron chi connectivity index (χ3n) is 4.33. The summed E-state index contributed by atoms with van der Waals surface area (Å²) in [5.74, 6) is -3.34. The number of carbonyl (C=O) groups excluding carboxylic acids is 2. The van der Waals surface area contributed by atoms with Gasteiger partial charge in [-0.2, -0.15) is 18.3 Å². The molecule has 0 atom stereocenters. The summed E-state index contributed by atoms with van der Waals surface area (Å²) < 4.78 is 54.4. The van der Waals surface area contributed by atoms with Crippen molar-refractivity contribution in [3.8, 4) is 5.82 Å². The summed E-state index contributed by atoms with van der Waals surface area (Å²) in [5.41, 5.74) is -1.75. The number of hydrogen-bond acceptors (Lipinski definition) is 4. The van der Waals surface area contributed by atoms with Gasteiger partial charge in [-0.15, -0.1) is 0 Å². The molecule has 0 aliphatic rings.